The van der Waals surface area contributed by atoms with Gasteiger partial charge in [0.2, 0.25) is 0 Å². The molecule has 0 heterocycles. The molecule has 0 saturated carbocycles. The highest BCUT2D eigenvalue weighted by atomic mass is 19.4. The molecule has 0 nitrogen and oxygen atoms in total. The van der Waals surface area contributed by atoms with Gasteiger partial charge in [-0.25, -0.2) is 0 Å². The van der Waals surface area contributed by atoms with Gasteiger partial charge in [0.1, 0.15) is 0 Å². The first-order chi connectivity index (χ1) is 15.1. The van der Waals surface area contributed by atoms with Gasteiger partial charge in [0.05, 0.1) is 5.56 Å². The van der Waals surface area contributed by atoms with Crippen molar-refractivity contribution in [1.82, 2.24) is 0 Å². The molecule has 3 heteroatoms. The lowest BCUT2D eigenvalue weighted by Gasteiger charge is -2.31. The second-order valence-electron chi connectivity index (χ2n) is 13.5. The van der Waals surface area contributed by atoms with Crippen molar-refractivity contribution >= 4 is 0 Å². The van der Waals surface area contributed by atoms with Crippen molar-refractivity contribution in [2.45, 2.75) is 124 Å². The second-order valence-corrected chi connectivity index (χ2v) is 13.5. The Morgan fingerprint density at radius 2 is 1.09 bits per heavy atom. The molecule has 1 atom stereocenters. The highest BCUT2D eigenvalue weighted by Gasteiger charge is 2.34. The Hall–Kier alpha value is -1.77. The fourth-order valence-electron chi connectivity index (χ4n) is 4.67. The summed E-state index contributed by atoms with van der Waals surface area (Å²) in [6, 6.07) is 9.58. The third-order valence-corrected chi connectivity index (χ3v) is 6.73. The van der Waals surface area contributed by atoms with E-state index in [0.717, 1.165) is 16.7 Å². The zero-order valence-electron chi connectivity index (χ0n) is 23.4. The molecule has 0 saturated heterocycles. The number of alkyl halides is 3. The lowest BCUT2D eigenvalue weighted by molar-refractivity contribution is -0.137. The predicted molar refractivity (Wildman–Crippen MR) is 140 cm³/mol. The van der Waals surface area contributed by atoms with E-state index in [2.05, 4.69) is 87.4 Å². The van der Waals surface area contributed by atoms with Gasteiger partial charge in [0, 0.05) is 0 Å². The zero-order chi connectivity index (χ0) is 26.4. The van der Waals surface area contributed by atoms with Crippen LogP contribution in [-0.2, 0) is 28.8 Å². The third kappa shape index (κ3) is 6.67. The van der Waals surface area contributed by atoms with E-state index in [4.69, 9.17) is 0 Å². The Bertz CT molecular complexity index is 971. The molecule has 0 bridgehead atoms. The topological polar surface area (TPSA) is 0 Å². The molecule has 0 spiro atoms. The van der Waals surface area contributed by atoms with Crippen LogP contribution in [0.2, 0.25) is 0 Å². The minimum absolute atomic E-state index is 0.00663. The average molecular weight is 475 g/mol. The van der Waals surface area contributed by atoms with Crippen molar-refractivity contribution in [1.29, 1.82) is 0 Å². The van der Waals surface area contributed by atoms with Gasteiger partial charge in [-0.2, -0.15) is 13.2 Å². The zero-order valence-corrected chi connectivity index (χ0v) is 23.4. The summed E-state index contributed by atoms with van der Waals surface area (Å²) < 4.78 is 41.6. The first-order valence-corrected chi connectivity index (χ1v) is 12.5. The van der Waals surface area contributed by atoms with Crippen LogP contribution in [-0.4, -0.2) is 0 Å². The van der Waals surface area contributed by atoms with Gasteiger partial charge in [0.15, 0.2) is 0 Å². The SMILES string of the molecule is CC(C)c1cc(C(F)(F)F)cc(CC(C)c2cc(C(C)(C)C)cc(C(C)(C)C)c2)c1C(C)(C)C. The van der Waals surface area contributed by atoms with Gasteiger partial charge < -0.3 is 0 Å². The molecule has 0 fully saturated rings. The summed E-state index contributed by atoms with van der Waals surface area (Å²) in [6.45, 7) is 25.7. The lowest BCUT2D eigenvalue weighted by atomic mass is 9.74. The van der Waals surface area contributed by atoms with Crippen molar-refractivity contribution in [2.24, 2.45) is 0 Å². The van der Waals surface area contributed by atoms with Crippen LogP contribution in [0.15, 0.2) is 30.3 Å². The van der Waals surface area contributed by atoms with E-state index in [1.807, 2.05) is 13.8 Å². The maximum absolute atomic E-state index is 13.9. The summed E-state index contributed by atoms with van der Waals surface area (Å²) >= 11 is 0. The maximum atomic E-state index is 13.9. The molecule has 2 aromatic carbocycles. The van der Waals surface area contributed by atoms with E-state index in [1.165, 1.54) is 28.8 Å². The summed E-state index contributed by atoms with van der Waals surface area (Å²) in [4.78, 5) is 0. The molecule has 0 radical (unpaired) electrons. The summed E-state index contributed by atoms with van der Waals surface area (Å²) in [5.41, 5.74) is 5.62. The number of halogens is 3. The van der Waals surface area contributed by atoms with Gasteiger partial charge in [-0.05, 0) is 80.0 Å². The number of hydrogen-bond acceptors (Lipinski definition) is 0. The van der Waals surface area contributed by atoms with Crippen molar-refractivity contribution in [3.63, 3.8) is 0 Å². The molecule has 2 aromatic rings. The average Bonchev–Trinajstić information content (AvgIpc) is 2.63. The molecular weight excluding hydrogens is 429 g/mol. The Kier molecular flexibility index (Phi) is 7.83. The lowest BCUT2D eigenvalue weighted by Crippen LogP contribution is -2.21. The molecule has 0 aliphatic rings. The number of hydrogen-bond donors (Lipinski definition) is 0. The maximum Gasteiger partial charge on any atom is 0.416 e. The number of benzene rings is 2. The summed E-state index contributed by atoms with van der Waals surface area (Å²) in [5, 5.41) is 0. The largest absolute Gasteiger partial charge is 0.416 e. The Morgan fingerprint density at radius 3 is 1.44 bits per heavy atom. The van der Waals surface area contributed by atoms with Crippen LogP contribution >= 0.6 is 0 Å². The fourth-order valence-corrected chi connectivity index (χ4v) is 4.67. The smallest absolute Gasteiger partial charge is 0.166 e. The normalized spacial score (nSPS) is 14.6. The third-order valence-electron chi connectivity index (χ3n) is 6.73. The first-order valence-electron chi connectivity index (χ1n) is 12.5. The van der Waals surface area contributed by atoms with Crippen molar-refractivity contribution in [3.8, 4) is 0 Å². The van der Waals surface area contributed by atoms with Crippen LogP contribution in [0.4, 0.5) is 13.2 Å². The van der Waals surface area contributed by atoms with E-state index in [-0.39, 0.29) is 28.1 Å². The van der Waals surface area contributed by atoms with Crippen molar-refractivity contribution in [3.05, 3.63) is 69.3 Å². The Balaban J connectivity index is 2.72. The van der Waals surface area contributed by atoms with Crippen molar-refractivity contribution in [2.75, 3.05) is 0 Å². The molecule has 0 aliphatic heterocycles. The van der Waals surface area contributed by atoms with E-state index in [9.17, 15) is 13.2 Å². The van der Waals surface area contributed by atoms with Gasteiger partial charge in [-0.1, -0.05) is 101 Å². The molecule has 0 aliphatic carbocycles. The molecule has 0 N–H and O–H groups in total. The van der Waals surface area contributed by atoms with E-state index < -0.39 is 11.7 Å². The van der Waals surface area contributed by atoms with Crippen LogP contribution < -0.4 is 0 Å². The molecule has 190 valence electrons. The highest BCUT2D eigenvalue weighted by molar-refractivity contribution is 5.47. The summed E-state index contributed by atoms with van der Waals surface area (Å²) in [6.07, 6.45) is -3.78. The Labute approximate surface area is 206 Å². The van der Waals surface area contributed by atoms with Crippen molar-refractivity contribution < 1.29 is 13.2 Å². The molecule has 1 unspecified atom stereocenters. The molecule has 2 rings (SSSR count). The molecular formula is C31H45F3. The van der Waals surface area contributed by atoms with Crippen LogP contribution in [0.1, 0.15) is 134 Å². The highest BCUT2D eigenvalue weighted by Crippen LogP contribution is 2.41. The van der Waals surface area contributed by atoms with Gasteiger partial charge in [-0.3, -0.25) is 0 Å². The van der Waals surface area contributed by atoms with Crippen LogP contribution in [0.5, 0.6) is 0 Å². The van der Waals surface area contributed by atoms with Gasteiger partial charge in [-0.15, -0.1) is 0 Å². The van der Waals surface area contributed by atoms with E-state index in [1.54, 1.807) is 0 Å². The summed E-state index contributed by atoms with van der Waals surface area (Å²) in [7, 11) is 0. The summed E-state index contributed by atoms with van der Waals surface area (Å²) in [5.74, 6) is 0.107. The first kappa shape index (κ1) is 28.5. The predicted octanol–water partition coefficient (Wildman–Crippen LogP) is 10.1. The van der Waals surface area contributed by atoms with Crippen LogP contribution in [0.3, 0.4) is 0 Å². The van der Waals surface area contributed by atoms with Crippen LogP contribution in [0.25, 0.3) is 0 Å². The molecule has 0 amide bonds. The van der Waals surface area contributed by atoms with E-state index in [0.29, 0.717) is 6.42 Å². The minimum Gasteiger partial charge on any atom is -0.166 e. The molecule has 34 heavy (non-hydrogen) atoms. The molecule has 0 aromatic heterocycles. The van der Waals surface area contributed by atoms with Gasteiger partial charge >= 0.3 is 6.18 Å². The fraction of sp³-hybridized carbons (Fsp3) is 0.613. The minimum atomic E-state index is -4.36. The van der Waals surface area contributed by atoms with Gasteiger partial charge in [0.25, 0.3) is 0 Å². The monoisotopic (exact) mass is 474 g/mol. The quantitative estimate of drug-likeness (QED) is 0.413. The van der Waals surface area contributed by atoms with Crippen LogP contribution in [0, 0.1) is 0 Å². The Morgan fingerprint density at radius 1 is 0.618 bits per heavy atom. The standard InChI is InChI=1S/C31H45F3/c1-19(2)26-18-25(31(32,33)34)16-22(27(26)30(10,11)12)13-20(3)21-14-23(28(4,5)6)17-24(15-21)29(7,8)9/h14-20H,13H2,1-12H3. The second kappa shape index (κ2) is 9.36. The number of rotatable bonds is 4. The van der Waals surface area contributed by atoms with E-state index >= 15 is 0 Å².